The molecule has 96 valence electrons. The van der Waals surface area contributed by atoms with Crippen LogP contribution in [0.2, 0.25) is 0 Å². The summed E-state index contributed by atoms with van der Waals surface area (Å²) in [6, 6.07) is 4.22. The Kier molecular flexibility index (Phi) is 5.28. The Morgan fingerprint density at radius 2 is 2.24 bits per heavy atom. The van der Waals surface area contributed by atoms with E-state index in [1.807, 2.05) is 0 Å². The molecular weight excluding hydrogens is 298 g/mol. The molecule has 0 saturated carbocycles. The first-order valence-corrected chi connectivity index (χ1v) is 7.77. The lowest BCUT2D eigenvalue weighted by molar-refractivity contribution is 0.215. The molecule has 2 N–H and O–H groups in total. The lowest BCUT2D eigenvalue weighted by Crippen LogP contribution is -2.45. The van der Waals surface area contributed by atoms with Gasteiger partial charge in [-0.3, -0.25) is 0 Å². The molecule has 1 atom stereocenters. The monoisotopic (exact) mass is 317 g/mol. The molecule has 1 aliphatic rings. The molecule has 1 aromatic rings. The first-order chi connectivity index (χ1) is 8.24. The molecule has 0 amide bonds. The molecule has 1 aromatic heterocycles. The lowest BCUT2D eigenvalue weighted by atomic mass is 10.1. The number of nitrogens with one attached hydrogen (secondary N) is 2. The highest BCUT2D eigenvalue weighted by atomic mass is 79.9. The van der Waals surface area contributed by atoms with Gasteiger partial charge in [-0.25, -0.2) is 0 Å². The number of thiophene rings is 1. The minimum atomic E-state index is 0.689. The first kappa shape index (κ1) is 13.3. The van der Waals surface area contributed by atoms with Gasteiger partial charge in [0.25, 0.3) is 0 Å². The maximum atomic E-state index is 3.50. The quantitative estimate of drug-likeness (QED) is 0.873. The second kappa shape index (κ2) is 6.73. The Labute approximate surface area is 116 Å². The van der Waals surface area contributed by atoms with Gasteiger partial charge in [-0.15, -0.1) is 11.3 Å². The normalized spacial score (nSPS) is 19.2. The number of nitrogens with zero attached hydrogens (tertiary/aromatic N) is 1. The Morgan fingerprint density at radius 1 is 1.47 bits per heavy atom. The molecule has 5 heteroatoms. The topological polar surface area (TPSA) is 27.3 Å². The van der Waals surface area contributed by atoms with Gasteiger partial charge in [0.15, 0.2) is 0 Å². The van der Waals surface area contributed by atoms with Crippen molar-refractivity contribution in [3.8, 4) is 0 Å². The molecule has 0 bridgehead atoms. The van der Waals surface area contributed by atoms with Crippen LogP contribution < -0.4 is 10.6 Å². The summed E-state index contributed by atoms with van der Waals surface area (Å²) in [4.78, 5) is 2.55. The molecule has 0 aromatic carbocycles. The third-order valence-electron chi connectivity index (χ3n) is 2.98. The second-order valence-corrected chi connectivity index (χ2v) is 7.10. The molecule has 3 nitrogen and oxygen atoms in total. The van der Waals surface area contributed by atoms with Crippen molar-refractivity contribution in [1.29, 1.82) is 0 Å². The summed E-state index contributed by atoms with van der Waals surface area (Å²) in [7, 11) is 0. The zero-order valence-electron chi connectivity index (χ0n) is 10.2. The van der Waals surface area contributed by atoms with Gasteiger partial charge in [0.05, 0.1) is 8.79 Å². The van der Waals surface area contributed by atoms with Crippen molar-refractivity contribution in [2.45, 2.75) is 6.92 Å². The van der Waals surface area contributed by atoms with Crippen LogP contribution in [-0.4, -0.2) is 44.2 Å². The summed E-state index contributed by atoms with van der Waals surface area (Å²) >= 11 is 5.24. The number of rotatable bonds is 5. The molecule has 0 spiro atoms. The highest BCUT2D eigenvalue weighted by Crippen LogP contribution is 2.26. The number of hydrogen-bond acceptors (Lipinski definition) is 4. The SMILES string of the molecule is CC(CNc1ccc(Br)s1)CN1CCNCC1. The van der Waals surface area contributed by atoms with Crippen molar-refractivity contribution in [2.24, 2.45) is 5.92 Å². The summed E-state index contributed by atoms with van der Waals surface area (Å²) in [5.74, 6) is 0.689. The highest BCUT2D eigenvalue weighted by molar-refractivity contribution is 9.11. The maximum Gasteiger partial charge on any atom is 0.0894 e. The number of anilines is 1. The van der Waals surface area contributed by atoms with Crippen LogP contribution >= 0.6 is 27.3 Å². The molecule has 1 fully saturated rings. The van der Waals surface area contributed by atoms with E-state index in [9.17, 15) is 0 Å². The zero-order valence-corrected chi connectivity index (χ0v) is 12.6. The van der Waals surface area contributed by atoms with Gasteiger partial charge < -0.3 is 15.5 Å². The fourth-order valence-electron chi connectivity index (χ4n) is 2.08. The van der Waals surface area contributed by atoms with E-state index in [-0.39, 0.29) is 0 Å². The van der Waals surface area contributed by atoms with E-state index < -0.39 is 0 Å². The zero-order chi connectivity index (χ0) is 12.1. The maximum absolute atomic E-state index is 3.50. The molecular formula is C12H20BrN3S. The Morgan fingerprint density at radius 3 is 2.88 bits per heavy atom. The summed E-state index contributed by atoms with van der Waals surface area (Å²) in [5, 5.41) is 8.14. The van der Waals surface area contributed by atoms with E-state index in [1.165, 1.54) is 28.4 Å². The summed E-state index contributed by atoms with van der Waals surface area (Å²) in [6.07, 6.45) is 0. The van der Waals surface area contributed by atoms with Gasteiger partial charge in [-0.1, -0.05) is 6.92 Å². The Hall–Kier alpha value is -0.100. The van der Waals surface area contributed by atoms with Gasteiger partial charge >= 0.3 is 0 Å². The molecule has 0 radical (unpaired) electrons. The Balaban J connectivity index is 1.68. The number of piperazine rings is 1. The molecule has 2 rings (SSSR count). The fourth-order valence-corrected chi connectivity index (χ4v) is 3.38. The molecule has 1 aliphatic heterocycles. The van der Waals surface area contributed by atoms with Crippen LogP contribution in [0, 0.1) is 5.92 Å². The van der Waals surface area contributed by atoms with Gasteiger partial charge in [-0.05, 0) is 34.0 Å². The minimum absolute atomic E-state index is 0.689. The average Bonchev–Trinajstić information content (AvgIpc) is 2.74. The van der Waals surface area contributed by atoms with Gasteiger partial charge in [0.2, 0.25) is 0 Å². The van der Waals surface area contributed by atoms with E-state index in [2.05, 4.69) is 50.5 Å². The van der Waals surface area contributed by atoms with Crippen LogP contribution in [0.15, 0.2) is 15.9 Å². The summed E-state index contributed by atoms with van der Waals surface area (Å²) < 4.78 is 1.19. The van der Waals surface area contributed by atoms with Gasteiger partial charge in [0.1, 0.15) is 0 Å². The number of halogens is 1. The van der Waals surface area contributed by atoms with Gasteiger partial charge in [-0.2, -0.15) is 0 Å². The smallest absolute Gasteiger partial charge is 0.0894 e. The third-order valence-corrected chi connectivity index (χ3v) is 4.56. The van der Waals surface area contributed by atoms with Crippen molar-refractivity contribution < 1.29 is 0 Å². The molecule has 2 heterocycles. The predicted octanol–water partition coefficient (Wildman–Crippen LogP) is 2.46. The van der Waals surface area contributed by atoms with Crippen molar-refractivity contribution in [3.05, 3.63) is 15.9 Å². The van der Waals surface area contributed by atoms with Crippen LogP contribution in [0.1, 0.15) is 6.92 Å². The van der Waals surface area contributed by atoms with Gasteiger partial charge in [0, 0.05) is 39.3 Å². The highest BCUT2D eigenvalue weighted by Gasteiger charge is 2.12. The minimum Gasteiger partial charge on any atom is -0.377 e. The van der Waals surface area contributed by atoms with Crippen molar-refractivity contribution >= 4 is 32.3 Å². The summed E-state index contributed by atoms with van der Waals surface area (Å²) in [6.45, 7) is 9.22. The molecule has 0 aliphatic carbocycles. The van der Waals surface area contributed by atoms with Crippen molar-refractivity contribution in [1.82, 2.24) is 10.2 Å². The molecule has 1 saturated heterocycles. The van der Waals surface area contributed by atoms with Crippen LogP contribution in [0.25, 0.3) is 0 Å². The van der Waals surface area contributed by atoms with Crippen molar-refractivity contribution in [3.63, 3.8) is 0 Å². The van der Waals surface area contributed by atoms with Crippen LogP contribution in [0.5, 0.6) is 0 Å². The third kappa shape index (κ3) is 4.58. The first-order valence-electron chi connectivity index (χ1n) is 6.16. The second-order valence-electron chi connectivity index (χ2n) is 4.64. The van der Waals surface area contributed by atoms with E-state index in [4.69, 9.17) is 0 Å². The Bertz CT molecular complexity index is 336. The fraction of sp³-hybridized carbons (Fsp3) is 0.667. The average molecular weight is 318 g/mol. The molecule has 17 heavy (non-hydrogen) atoms. The van der Waals surface area contributed by atoms with E-state index in [1.54, 1.807) is 11.3 Å². The summed E-state index contributed by atoms with van der Waals surface area (Å²) in [5.41, 5.74) is 0. The van der Waals surface area contributed by atoms with Crippen molar-refractivity contribution in [2.75, 3.05) is 44.6 Å². The standard InChI is InChI=1S/C12H20BrN3S/c1-10(9-16-6-4-14-5-7-16)8-15-12-3-2-11(13)17-12/h2-3,10,14-15H,4-9H2,1H3. The van der Waals surface area contributed by atoms with E-state index >= 15 is 0 Å². The van der Waals surface area contributed by atoms with Crippen LogP contribution in [-0.2, 0) is 0 Å². The number of hydrogen-bond donors (Lipinski definition) is 2. The lowest BCUT2D eigenvalue weighted by Gasteiger charge is -2.29. The largest absolute Gasteiger partial charge is 0.377 e. The van der Waals surface area contributed by atoms with Crippen LogP contribution in [0.3, 0.4) is 0 Å². The van der Waals surface area contributed by atoms with E-state index in [0.29, 0.717) is 5.92 Å². The predicted molar refractivity (Wildman–Crippen MR) is 79.0 cm³/mol. The molecule has 1 unspecified atom stereocenters. The van der Waals surface area contributed by atoms with E-state index in [0.717, 1.165) is 19.6 Å². The van der Waals surface area contributed by atoms with Crippen LogP contribution in [0.4, 0.5) is 5.00 Å².